The highest BCUT2D eigenvalue weighted by molar-refractivity contribution is 5.99. The second-order valence-electron chi connectivity index (χ2n) is 6.19. The van der Waals surface area contributed by atoms with Crippen LogP contribution in [0, 0.1) is 0 Å². The van der Waals surface area contributed by atoms with Crippen molar-refractivity contribution in [2.45, 2.75) is 0 Å². The van der Waals surface area contributed by atoms with Crippen LogP contribution in [0.2, 0.25) is 0 Å². The molecule has 1 aromatic carbocycles. The maximum absolute atomic E-state index is 9.43. The van der Waals surface area contributed by atoms with Gasteiger partial charge >= 0.3 is 0 Å². The van der Waals surface area contributed by atoms with Gasteiger partial charge in [0.1, 0.15) is 23.2 Å². The number of hydrogen-bond donors (Lipinski definition) is 3. The van der Waals surface area contributed by atoms with E-state index < -0.39 is 0 Å². The minimum Gasteiger partial charge on any atom is -0.508 e. The van der Waals surface area contributed by atoms with Gasteiger partial charge in [-0.3, -0.25) is 0 Å². The van der Waals surface area contributed by atoms with E-state index in [-0.39, 0.29) is 5.75 Å². The van der Waals surface area contributed by atoms with Crippen molar-refractivity contribution in [3.05, 3.63) is 78.2 Å². The van der Waals surface area contributed by atoms with Crippen molar-refractivity contribution < 1.29 is 5.11 Å². The van der Waals surface area contributed by atoms with E-state index in [9.17, 15) is 5.11 Å². The van der Waals surface area contributed by atoms with Gasteiger partial charge in [-0.1, -0.05) is 30.4 Å². The van der Waals surface area contributed by atoms with Gasteiger partial charge in [-0.05, 0) is 41.3 Å². The first-order valence-corrected chi connectivity index (χ1v) is 8.84. The van der Waals surface area contributed by atoms with Crippen molar-refractivity contribution in [3.63, 3.8) is 0 Å². The van der Waals surface area contributed by atoms with E-state index in [4.69, 9.17) is 0 Å². The molecule has 4 aromatic rings. The normalized spacial score (nSPS) is 11.0. The molecule has 138 valence electrons. The van der Waals surface area contributed by atoms with Crippen LogP contribution in [0.15, 0.2) is 67.1 Å². The Kier molecular flexibility index (Phi) is 4.84. The Morgan fingerprint density at radius 3 is 2.46 bits per heavy atom. The zero-order chi connectivity index (χ0) is 19.3. The molecule has 0 bridgehead atoms. The Bertz CT molecular complexity index is 1120. The van der Waals surface area contributed by atoms with Crippen molar-refractivity contribution in [2.24, 2.45) is 0 Å². The molecule has 0 amide bonds. The number of aromatic hydroxyl groups is 1. The molecule has 0 radical (unpaired) electrons. The Morgan fingerprint density at radius 1 is 0.857 bits per heavy atom. The summed E-state index contributed by atoms with van der Waals surface area (Å²) in [6.45, 7) is 0. The fourth-order valence-electron chi connectivity index (χ4n) is 2.90. The quantitative estimate of drug-likeness (QED) is 0.473. The molecular formula is C22H19N5O. The molecular weight excluding hydrogens is 350 g/mol. The summed E-state index contributed by atoms with van der Waals surface area (Å²) in [5, 5.41) is 17.7. The molecule has 0 atom stereocenters. The SMILES string of the molecule is CNc1ncc(/C=C/c2ccc(O)cc2)c2cc(Nc3ccccn3)ncc12. The minimum absolute atomic E-state index is 0.249. The number of anilines is 3. The number of pyridine rings is 3. The van der Waals surface area contributed by atoms with Gasteiger partial charge in [0.25, 0.3) is 0 Å². The van der Waals surface area contributed by atoms with E-state index in [0.29, 0.717) is 5.82 Å². The molecule has 3 aromatic heterocycles. The summed E-state index contributed by atoms with van der Waals surface area (Å²) in [7, 11) is 1.84. The molecule has 0 aliphatic carbocycles. The summed E-state index contributed by atoms with van der Waals surface area (Å²) in [6, 6.07) is 14.7. The monoisotopic (exact) mass is 369 g/mol. The van der Waals surface area contributed by atoms with E-state index in [1.165, 1.54) is 0 Å². The number of nitrogens with zero attached hydrogens (tertiary/aromatic N) is 3. The van der Waals surface area contributed by atoms with Gasteiger partial charge in [0, 0.05) is 36.6 Å². The lowest BCUT2D eigenvalue weighted by molar-refractivity contribution is 0.475. The fourth-order valence-corrected chi connectivity index (χ4v) is 2.90. The summed E-state index contributed by atoms with van der Waals surface area (Å²) in [4.78, 5) is 13.3. The number of rotatable bonds is 5. The van der Waals surface area contributed by atoms with Gasteiger partial charge in [0.15, 0.2) is 0 Å². The third kappa shape index (κ3) is 3.76. The molecule has 28 heavy (non-hydrogen) atoms. The maximum atomic E-state index is 9.43. The largest absolute Gasteiger partial charge is 0.508 e. The number of benzene rings is 1. The highest BCUT2D eigenvalue weighted by Crippen LogP contribution is 2.28. The number of fused-ring (bicyclic) bond motifs is 1. The average Bonchev–Trinajstić information content (AvgIpc) is 2.74. The summed E-state index contributed by atoms with van der Waals surface area (Å²) in [6.07, 6.45) is 9.36. The number of phenols is 1. The third-order valence-electron chi connectivity index (χ3n) is 4.31. The summed E-state index contributed by atoms with van der Waals surface area (Å²) in [5.74, 6) is 2.46. The lowest BCUT2D eigenvalue weighted by atomic mass is 10.1. The molecule has 3 N–H and O–H groups in total. The fraction of sp³-hybridized carbons (Fsp3) is 0.0455. The highest BCUT2D eigenvalue weighted by atomic mass is 16.3. The Hall–Kier alpha value is -3.93. The number of phenolic OH excluding ortho intramolecular Hbond substituents is 1. The zero-order valence-electron chi connectivity index (χ0n) is 15.3. The van der Waals surface area contributed by atoms with Crippen molar-refractivity contribution >= 4 is 40.4 Å². The van der Waals surface area contributed by atoms with Crippen LogP contribution in [-0.4, -0.2) is 27.1 Å². The van der Waals surface area contributed by atoms with Crippen LogP contribution in [0.25, 0.3) is 22.9 Å². The number of hydrogen-bond acceptors (Lipinski definition) is 6. The van der Waals surface area contributed by atoms with E-state index in [1.54, 1.807) is 24.5 Å². The Morgan fingerprint density at radius 2 is 1.71 bits per heavy atom. The van der Waals surface area contributed by atoms with Crippen molar-refractivity contribution in [1.82, 2.24) is 15.0 Å². The van der Waals surface area contributed by atoms with Crippen LogP contribution >= 0.6 is 0 Å². The van der Waals surface area contributed by atoms with Crippen LogP contribution in [0.5, 0.6) is 5.75 Å². The maximum Gasteiger partial charge on any atom is 0.135 e. The summed E-state index contributed by atoms with van der Waals surface area (Å²) >= 11 is 0. The zero-order valence-corrected chi connectivity index (χ0v) is 15.3. The Balaban J connectivity index is 1.74. The number of nitrogens with one attached hydrogen (secondary N) is 2. The molecule has 3 heterocycles. The number of aromatic nitrogens is 3. The van der Waals surface area contributed by atoms with Gasteiger partial charge < -0.3 is 15.7 Å². The van der Waals surface area contributed by atoms with Gasteiger partial charge in [-0.15, -0.1) is 0 Å². The lowest BCUT2D eigenvalue weighted by Gasteiger charge is -2.10. The second kappa shape index (κ2) is 7.75. The standard InChI is InChI=1S/C22H19N5O/c1-23-22-19-14-25-21(27-20-4-2-3-11-24-20)12-18(19)16(13-26-22)8-5-15-6-9-17(28)10-7-15/h2-14,28H,1H3,(H,23,26)(H,24,25,27)/b8-5+. The molecule has 0 aliphatic rings. The molecule has 6 heteroatoms. The molecule has 0 saturated heterocycles. The minimum atomic E-state index is 0.249. The first kappa shape index (κ1) is 17.5. The first-order chi connectivity index (χ1) is 13.7. The van der Waals surface area contributed by atoms with Gasteiger partial charge in [0.05, 0.1) is 0 Å². The first-order valence-electron chi connectivity index (χ1n) is 8.84. The van der Waals surface area contributed by atoms with E-state index >= 15 is 0 Å². The molecule has 6 nitrogen and oxygen atoms in total. The van der Waals surface area contributed by atoms with Crippen molar-refractivity contribution in [2.75, 3.05) is 17.7 Å². The van der Waals surface area contributed by atoms with Crippen molar-refractivity contribution in [1.29, 1.82) is 0 Å². The predicted molar refractivity (Wildman–Crippen MR) is 114 cm³/mol. The Labute approximate surface area is 162 Å². The van der Waals surface area contributed by atoms with Crippen LogP contribution < -0.4 is 10.6 Å². The van der Waals surface area contributed by atoms with E-state index in [1.807, 2.05) is 61.8 Å². The van der Waals surface area contributed by atoms with Crippen molar-refractivity contribution in [3.8, 4) is 5.75 Å². The van der Waals surface area contributed by atoms with E-state index in [0.717, 1.165) is 33.5 Å². The van der Waals surface area contributed by atoms with Crippen LogP contribution in [0.3, 0.4) is 0 Å². The van der Waals surface area contributed by atoms with Crippen LogP contribution in [-0.2, 0) is 0 Å². The molecule has 0 aliphatic heterocycles. The van der Waals surface area contributed by atoms with E-state index in [2.05, 4.69) is 25.6 Å². The predicted octanol–water partition coefficient (Wildman–Crippen LogP) is 4.69. The molecule has 0 saturated carbocycles. The van der Waals surface area contributed by atoms with Gasteiger partial charge in [0.2, 0.25) is 0 Å². The molecule has 0 fully saturated rings. The molecule has 0 unspecified atom stereocenters. The molecule has 4 rings (SSSR count). The molecule has 0 spiro atoms. The lowest BCUT2D eigenvalue weighted by Crippen LogP contribution is -1.99. The topological polar surface area (TPSA) is 83.0 Å². The average molecular weight is 369 g/mol. The van der Waals surface area contributed by atoms with Crippen LogP contribution in [0.1, 0.15) is 11.1 Å². The van der Waals surface area contributed by atoms with Gasteiger partial charge in [-0.2, -0.15) is 0 Å². The summed E-state index contributed by atoms with van der Waals surface area (Å²) in [5.41, 5.74) is 1.96. The van der Waals surface area contributed by atoms with Crippen LogP contribution in [0.4, 0.5) is 17.5 Å². The summed E-state index contributed by atoms with van der Waals surface area (Å²) < 4.78 is 0. The van der Waals surface area contributed by atoms with Gasteiger partial charge in [-0.25, -0.2) is 15.0 Å². The smallest absolute Gasteiger partial charge is 0.135 e. The third-order valence-corrected chi connectivity index (χ3v) is 4.31. The second-order valence-corrected chi connectivity index (χ2v) is 6.19. The highest BCUT2D eigenvalue weighted by Gasteiger charge is 2.08.